The summed E-state index contributed by atoms with van der Waals surface area (Å²) in [5, 5.41) is 1.81. The van der Waals surface area contributed by atoms with Crippen molar-refractivity contribution < 1.29 is 4.79 Å². The summed E-state index contributed by atoms with van der Waals surface area (Å²) in [7, 11) is 0. The molecule has 84 valence electrons. The fourth-order valence-electron chi connectivity index (χ4n) is 1.65. The van der Waals surface area contributed by atoms with Crippen molar-refractivity contribution in [2.45, 2.75) is 20.4 Å². The second-order valence-corrected chi connectivity index (χ2v) is 4.70. The normalized spacial score (nSPS) is 11.2. The first-order chi connectivity index (χ1) is 7.58. The Labute approximate surface area is 99.8 Å². The number of hydrogen-bond donors (Lipinski definition) is 0. The van der Waals surface area contributed by atoms with E-state index in [9.17, 15) is 4.79 Å². The second kappa shape index (κ2) is 4.30. The lowest BCUT2D eigenvalue weighted by Crippen LogP contribution is -2.14. The van der Waals surface area contributed by atoms with Crippen LogP contribution < -0.4 is 0 Å². The molecule has 3 heteroatoms. The molecular weight excluding hydrogens is 222 g/mol. The van der Waals surface area contributed by atoms with E-state index in [2.05, 4.69) is 0 Å². The van der Waals surface area contributed by atoms with Gasteiger partial charge in [0.25, 0.3) is 0 Å². The number of benzene rings is 1. The van der Waals surface area contributed by atoms with E-state index in [1.165, 1.54) is 0 Å². The van der Waals surface area contributed by atoms with Crippen LogP contribution in [0, 0.1) is 5.92 Å². The number of rotatable bonds is 3. The van der Waals surface area contributed by atoms with Gasteiger partial charge >= 0.3 is 0 Å². The molecule has 2 aromatic rings. The van der Waals surface area contributed by atoms with Crippen LogP contribution in [0.2, 0.25) is 5.02 Å². The van der Waals surface area contributed by atoms with Crippen molar-refractivity contribution in [1.82, 2.24) is 4.57 Å². The number of hydrogen-bond acceptors (Lipinski definition) is 1. The lowest BCUT2D eigenvalue weighted by molar-refractivity contribution is -0.122. The molecule has 0 N–H and O–H groups in total. The SMILES string of the molecule is CC(C)C(=O)Cn1ccc2ccc(Cl)cc21. The molecule has 0 atom stereocenters. The standard InChI is InChI=1S/C13H14ClNO/c1-9(2)13(16)8-15-6-5-10-3-4-11(14)7-12(10)15/h3-7,9H,8H2,1-2H3. The highest BCUT2D eigenvalue weighted by molar-refractivity contribution is 6.31. The molecule has 2 nitrogen and oxygen atoms in total. The van der Waals surface area contributed by atoms with Crippen molar-refractivity contribution in [3.8, 4) is 0 Å². The number of ketones is 1. The van der Waals surface area contributed by atoms with Gasteiger partial charge < -0.3 is 4.57 Å². The van der Waals surface area contributed by atoms with Crippen molar-refractivity contribution in [2.24, 2.45) is 5.92 Å². The minimum absolute atomic E-state index is 0.0663. The van der Waals surface area contributed by atoms with Gasteiger partial charge in [0, 0.05) is 22.7 Å². The van der Waals surface area contributed by atoms with Gasteiger partial charge in [-0.25, -0.2) is 0 Å². The molecule has 0 radical (unpaired) electrons. The van der Waals surface area contributed by atoms with Crippen LogP contribution in [0.5, 0.6) is 0 Å². The maximum absolute atomic E-state index is 11.7. The Kier molecular flexibility index (Phi) is 3.01. The first-order valence-electron chi connectivity index (χ1n) is 5.35. The van der Waals surface area contributed by atoms with Crippen LogP contribution in [0.1, 0.15) is 13.8 Å². The highest BCUT2D eigenvalue weighted by Gasteiger charge is 2.09. The Bertz CT molecular complexity index is 528. The van der Waals surface area contributed by atoms with Gasteiger partial charge in [0.05, 0.1) is 6.54 Å². The summed E-state index contributed by atoms with van der Waals surface area (Å²) in [5.74, 6) is 0.300. The average Bonchev–Trinajstić information content (AvgIpc) is 2.61. The number of nitrogens with zero attached hydrogens (tertiary/aromatic N) is 1. The summed E-state index contributed by atoms with van der Waals surface area (Å²) in [6.07, 6.45) is 1.93. The van der Waals surface area contributed by atoms with Crippen LogP contribution in [0.4, 0.5) is 0 Å². The fourth-order valence-corrected chi connectivity index (χ4v) is 1.81. The van der Waals surface area contributed by atoms with Crippen LogP contribution in [0.15, 0.2) is 30.5 Å². The summed E-state index contributed by atoms with van der Waals surface area (Å²) in [6.45, 7) is 4.25. The van der Waals surface area contributed by atoms with E-state index in [0.29, 0.717) is 11.6 Å². The maximum atomic E-state index is 11.7. The number of carbonyl (C=O) groups excluding carboxylic acids is 1. The number of fused-ring (bicyclic) bond motifs is 1. The molecule has 0 spiro atoms. The summed E-state index contributed by atoms with van der Waals surface area (Å²) in [4.78, 5) is 11.7. The maximum Gasteiger partial charge on any atom is 0.155 e. The van der Waals surface area contributed by atoms with Crippen LogP contribution in [0.3, 0.4) is 0 Å². The zero-order valence-electron chi connectivity index (χ0n) is 9.40. The Morgan fingerprint density at radius 2 is 2.12 bits per heavy atom. The van der Waals surface area contributed by atoms with Gasteiger partial charge in [-0.2, -0.15) is 0 Å². The van der Waals surface area contributed by atoms with Crippen LogP contribution in [-0.2, 0) is 11.3 Å². The Balaban J connectivity index is 2.38. The van der Waals surface area contributed by atoms with E-state index in [1.54, 1.807) is 0 Å². The van der Waals surface area contributed by atoms with E-state index in [1.807, 2.05) is 48.9 Å². The molecule has 2 rings (SSSR count). The molecule has 1 aromatic heterocycles. The van der Waals surface area contributed by atoms with Gasteiger partial charge in [-0.1, -0.05) is 31.5 Å². The van der Waals surface area contributed by atoms with E-state index in [4.69, 9.17) is 11.6 Å². The highest BCUT2D eigenvalue weighted by atomic mass is 35.5. The highest BCUT2D eigenvalue weighted by Crippen LogP contribution is 2.20. The van der Waals surface area contributed by atoms with E-state index in [0.717, 1.165) is 10.9 Å². The molecule has 0 saturated carbocycles. The molecule has 0 saturated heterocycles. The third kappa shape index (κ3) is 2.12. The predicted octanol–water partition coefficient (Wildman–Crippen LogP) is 3.52. The summed E-state index contributed by atoms with van der Waals surface area (Å²) >= 11 is 5.95. The molecule has 1 heterocycles. The number of aromatic nitrogens is 1. The average molecular weight is 236 g/mol. The topological polar surface area (TPSA) is 22.0 Å². The van der Waals surface area contributed by atoms with Gasteiger partial charge in [0.1, 0.15) is 0 Å². The first kappa shape index (κ1) is 11.2. The summed E-state index contributed by atoms with van der Waals surface area (Å²) in [5.41, 5.74) is 1.02. The van der Waals surface area contributed by atoms with Gasteiger partial charge in [-0.3, -0.25) is 4.79 Å². The van der Waals surface area contributed by atoms with Crippen LogP contribution in [0.25, 0.3) is 10.9 Å². The van der Waals surface area contributed by atoms with Gasteiger partial charge in [-0.05, 0) is 23.6 Å². The molecule has 0 amide bonds. The molecule has 0 unspecified atom stereocenters. The Morgan fingerprint density at radius 3 is 2.81 bits per heavy atom. The Morgan fingerprint density at radius 1 is 1.38 bits per heavy atom. The molecule has 1 aromatic carbocycles. The third-order valence-corrected chi connectivity index (χ3v) is 2.94. The smallest absolute Gasteiger partial charge is 0.155 e. The van der Waals surface area contributed by atoms with E-state index < -0.39 is 0 Å². The van der Waals surface area contributed by atoms with Crippen molar-refractivity contribution in [1.29, 1.82) is 0 Å². The second-order valence-electron chi connectivity index (χ2n) is 4.27. The quantitative estimate of drug-likeness (QED) is 0.798. The lowest BCUT2D eigenvalue weighted by atomic mass is 10.1. The van der Waals surface area contributed by atoms with Gasteiger partial charge in [0.2, 0.25) is 0 Å². The predicted molar refractivity (Wildman–Crippen MR) is 66.8 cm³/mol. The largest absolute Gasteiger partial charge is 0.340 e. The van der Waals surface area contributed by atoms with Crippen molar-refractivity contribution in [3.05, 3.63) is 35.5 Å². The van der Waals surface area contributed by atoms with Gasteiger partial charge in [0.15, 0.2) is 5.78 Å². The monoisotopic (exact) mass is 235 g/mol. The number of Topliss-reactive ketones (excluding diaryl/α,β-unsaturated/α-hetero) is 1. The molecule has 16 heavy (non-hydrogen) atoms. The van der Waals surface area contributed by atoms with Crippen LogP contribution >= 0.6 is 11.6 Å². The molecule has 0 aliphatic carbocycles. The fraction of sp³-hybridized carbons (Fsp3) is 0.308. The van der Waals surface area contributed by atoms with Crippen molar-refractivity contribution in [3.63, 3.8) is 0 Å². The van der Waals surface area contributed by atoms with Crippen LogP contribution in [-0.4, -0.2) is 10.4 Å². The lowest BCUT2D eigenvalue weighted by Gasteiger charge is -2.07. The Hall–Kier alpha value is -1.28. The number of carbonyl (C=O) groups is 1. The minimum Gasteiger partial charge on any atom is -0.340 e. The van der Waals surface area contributed by atoms with Gasteiger partial charge in [-0.15, -0.1) is 0 Å². The molecular formula is C13H14ClNO. The van der Waals surface area contributed by atoms with E-state index in [-0.39, 0.29) is 11.7 Å². The third-order valence-electron chi connectivity index (χ3n) is 2.71. The zero-order chi connectivity index (χ0) is 11.7. The minimum atomic E-state index is 0.0663. The summed E-state index contributed by atoms with van der Waals surface area (Å²) in [6, 6.07) is 7.72. The first-order valence-corrected chi connectivity index (χ1v) is 5.73. The van der Waals surface area contributed by atoms with Crippen molar-refractivity contribution in [2.75, 3.05) is 0 Å². The summed E-state index contributed by atoms with van der Waals surface area (Å²) < 4.78 is 1.95. The van der Waals surface area contributed by atoms with Crippen molar-refractivity contribution >= 4 is 28.3 Å². The molecule has 0 aliphatic rings. The molecule has 0 aliphatic heterocycles. The number of halogens is 1. The van der Waals surface area contributed by atoms with E-state index >= 15 is 0 Å². The molecule has 0 bridgehead atoms. The zero-order valence-corrected chi connectivity index (χ0v) is 10.2. The molecule has 0 fully saturated rings.